The lowest BCUT2D eigenvalue weighted by atomic mass is 9.58. The summed E-state index contributed by atoms with van der Waals surface area (Å²) in [5.74, 6) is 1.60. The van der Waals surface area contributed by atoms with Gasteiger partial charge in [-0.3, -0.25) is 0 Å². The summed E-state index contributed by atoms with van der Waals surface area (Å²) in [4.78, 5) is 0. The van der Waals surface area contributed by atoms with Crippen LogP contribution >= 0.6 is 0 Å². The van der Waals surface area contributed by atoms with Crippen LogP contribution in [-0.2, 0) is 0 Å². The van der Waals surface area contributed by atoms with Crippen molar-refractivity contribution in [2.24, 2.45) is 23.2 Å². The van der Waals surface area contributed by atoms with Crippen molar-refractivity contribution in [1.82, 2.24) is 0 Å². The second-order valence-electron chi connectivity index (χ2n) is 10.9. The predicted octanol–water partition coefficient (Wildman–Crippen LogP) is 6.73. The van der Waals surface area contributed by atoms with Crippen LogP contribution in [0.5, 0.6) is 0 Å². The van der Waals surface area contributed by atoms with Gasteiger partial charge >= 0.3 is 0 Å². The molecule has 5 atom stereocenters. The molecule has 3 saturated carbocycles. The van der Waals surface area contributed by atoms with Crippen LogP contribution in [0.15, 0.2) is 35.5 Å². The number of allylic oxidation sites excluding steroid dienone is 4. The van der Waals surface area contributed by atoms with E-state index in [4.69, 9.17) is 0 Å². The van der Waals surface area contributed by atoms with Gasteiger partial charge in [-0.1, -0.05) is 70.4 Å². The van der Waals surface area contributed by atoms with Gasteiger partial charge in [0.25, 0.3) is 0 Å². The average molecular weight is 401 g/mol. The largest absolute Gasteiger partial charge is 0.393 e. The number of aliphatic hydroxyl groups excluding tert-OH is 1. The van der Waals surface area contributed by atoms with E-state index in [0.717, 1.165) is 57.3 Å². The Morgan fingerprint density at radius 1 is 1.10 bits per heavy atom. The SMILES string of the molecule is C=C1CC[C@H](O)CC1=CC=C1CCC[C@@]2(C)C1CC[C@]2(O)[C@H](C)CCCC(C)C. The molecule has 0 radical (unpaired) electrons. The van der Waals surface area contributed by atoms with Crippen LogP contribution in [0.4, 0.5) is 0 Å². The normalized spacial score (nSPS) is 39.3. The average Bonchev–Trinajstić information content (AvgIpc) is 2.95. The number of hydrogen-bond acceptors (Lipinski definition) is 2. The van der Waals surface area contributed by atoms with Crippen molar-refractivity contribution in [3.63, 3.8) is 0 Å². The lowest BCUT2D eigenvalue weighted by Crippen LogP contribution is -2.51. The maximum Gasteiger partial charge on any atom is 0.0732 e. The first-order valence-electron chi connectivity index (χ1n) is 12.2. The van der Waals surface area contributed by atoms with Crippen LogP contribution in [0.2, 0.25) is 0 Å². The molecule has 0 saturated heterocycles. The Morgan fingerprint density at radius 2 is 1.86 bits per heavy atom. The molecule has 164 valence electrons. The van der Waals surface area contributed by atoms with E-state index in [1.54, 1.807) is 0 Å². The molecule has 0 amide bonds. The van der Waals surface area contributed by atoms with Crippen molar-refractivity contribution >= 4 is 0 Å². The van der Waals surface area contributed by atoms with Gasteiger partial charge in [-0.15, -0.1) is 0 Å². The molecule has 0 bridgehead atoms. The molecule has 0 aromatic carbocycles. The number of rotatable bonds is 6. The molecular weight excluding hydrogens is 356 g/mol. The lowest BCUT2D eigenvalue weighted by molar-refractivity contribution is -0.115. The van der Waals surface area contributed by atoms with Crippen molar-refractivity contribution in [2.45, 2.75) is 110 Å². The third-order valence-electron chi connectivity index (χ3n) is 8.60. The van der Waals surface area contributed by atoms with E-state index in [2.05, 4.69) is 46.4 Å². The van der Waals surface area contributed by atoms with Crippen molar-refractivity contribution in [2.75, 3.05) is 0 Å². The molecule has 3 rings (SSSR count). The summed E-state index contributed by atoms with van der Waals surface area (Å²) in [6.07, 6.45) is 16.0. The van der Waals surface area contributed by atoms with Crippen LogP contribution in [-0.4, -0.2) is 21.9 Å². The standard InChI is InChI=1S/C27H44O2/c1-19(2)8-6-9-21(4)27(29)17-15-25-22(10-7-16-26(25,27)5)12-13-23-18-24(28)14-11-20(23)3/h12-13,19,21,24-25,28-29H,3,6-11,14-18H2,1-2,4-5H3/t21-,24+,25?,26+,27+/m1/s1. The first kappa shape index (κ1) is 22.8. The zero-order chi connectivity index (χ0) is 21.2. The van der Waals surface area contributed by atoms with E-state index in [0.29, 0.717) is 11.8 Å². The highest BCUT2D eigenvalue weighted by Gasteiger charge is 2.59. The molecule has 2 heteroatoms. The number of hydrogen-bond donors (Lipinski definition) is 2. The highest BCUT2D eigenvalue weighted by atomic mass is 16.3. The van der Waals surface area contributed by atoms with Crippen molar-refractivity contribution < 1.29 is 10.2 Å². The first-order valence-corrected chi connectivity index (χ1v) is 12.2. The maximum absolute atomic E-state index is 11.9. The van der Waals surface area contributed by atoms with Crippen molar-refractivity contribution in [1.29, 1.82) is 0 Å². The smallest absolute Gasteiger partial charge is 0.0732 e. The van der Waals surface area contributed by atoms with E-state index in [-0.39, 0.29) is 11.5 Å². The summed E-state index contributed by atoms with van der Waals surface area (Å²) in [7, 11) is 0. The molecule has 0 aliphatic heterocycles. The molecule has 29 heavy (non-hydrogen) atoms. The van der Waals surface area contributed by atoms with Gasteiger partial charge in [-0.25, -0.2) is 0 Å². The molecule has 3 fully saturated rings. The molecule has 2 nitrogen and oxygen atoms in total. The third kappa shape index (κ3) is 4.59. The number of fused-ring (bicyclic) bond motifs is 1. The van der Waals surface area contributed by atoms with E-state index < -0.39 is 5.60 Å². The van der Waals surface area contributed by atoms with E-state index >= 15 is 0 Å². The van der Waals surface area contributed by atoms with E-state index in [1.807, 2.05) is 0 Å². The van der Waals surface area contributed by atoms with Crippen molar-refractivity contribution in [3.8, 4) is 0 Å². The summed E-state index contributed by atoms with van der Waals surface area (Å²) in [6.45, 7) is 13.5. The predicted molar refractivity (Wildman–Crippen MR) is 123 cm³/mol. The van der Waals surface area contributed by atoms with Crippen molar-refractivity contribution in [3.05, 3.63) is 35.5 Å². The monoisotopic (exact) mass is 400 g/mol. The van der Waals surface area contributed by atoms with Gasteiger partial charge in [0, 0.05) is 5.41 Å². The van der Waals surface area contributed by atoms with E-state index in [1.165, 1.54) is 36.0 Å². The Kier molecular flexibility index (Phi) is 7.16. The molecular formula is C27H44O2. The molecule has 1 unspecified atom stereocenters. The molecule has 0 aromatic rings. The molecule has 0 aromatic heterocycles. The summed E-state index contributed by atoms with van der Waals surface area (Å²) < 4.78 is 0. The van der Waals surface area contributed by atoms with Gasteiger partial charge in [0.1, 0.15) is 0 Å². The third-order valence-corrected chi connectivity index (χ3v) is 8.60. The second kappa shape index (κ2) is 9.10. The topological polar surface area (TPSA) is 40.5 Å². The van der Waals surface area contributed by atoms with Crippen LogP contribution in [0.1, 0.15) is 98.3 Å². The Labute approximate surface area is 179 Å². The highest BCUT2D eigenvalue weighted by molar-refractivity contribution is 5.36. The van der Waals surface area contributed by atoms with Gasteiger partial charge in [-0.05, 0) is 81.1 Å². The summed E-state index contributed by atoms with van der Waals surface area (Å²) in [6, 6.07) is 0. The van der Waals surface area contributed by atoms with Gasteiger partial charge in [0.05, 0.1) is 11.7 Å². The van der Waals surface area contributed by atoms with Gasteiger partial charge in [0.2, 0.25) is 0 Å². The fourth-order valence-corrected chi connectivity index (χ4v) is 6.56. The zero-order valence-corrected chi connectivity index (χ0v) is 19.3. The molecule has 2 N–H and O–H groups in total. The van der Waals surface area contributed by atoms with Crippen LogP contribution in [0.25, 0.3) is 0 Å². The van der Waals surface area contributed by atoms with Gasteiger partial charge in [-0.2, -0.15) is 0 Å². The summed E-state index contributed by atoms with van der Waals surface area (Å²) in [5.41, 5.74) is 3.39. The molecule has 0 spiro atoms. The fourth-order valence-electron chi connectivity index (χ4n) is 6.56. The molecule has 0 heterocycles. The maximum atomic E-state index is 11.9. The van der Waals surface area contributed by atoms with Crippen LogP contribution in [0.3, 0.4) is 0 Å². The van der Waals surface area contributed by atoms with Gasteiger partial charge < -0.3 is 10.2 Å². The van der Waals surface area contributed by atoms with Crippen LogP contribution < -0.4 is 0 Å². The summed E-state index contributed by atoms with van der Waals surface area (Å²) in [5, 5.41) is 21.9. The van der Waals surface area contributed by atoms with E-state index in [9.17, 15) is 10.2 Å². The molecule has 3 aliphatic rings. The lowest BCUT2D eigenvalue weighted by Gasteiger charge is -2.50. The van der Waals surface area contributed by atoms with Crippen LogP contribution in [0, 0.1) is 23.2 Å². The summed E-state index contributed by atoms with van der Waals surface area (Å²) >= 11 is 0. The zero-order valence-electron chi connectivity index (χ0n) is 19.3. The Bertz CT molecular complexity index is 657. The minimum atomic E-state index is -0.536. The Balaban J connectivity index is 1.76. The minimum absolute atomic E-state index is 0.00404. The second-order valence-corrected chi connectivity index (χ2v) is 10.9. The highest BCUT2D eigenvalue weighted by Crippen LogP contribution is 2.62. The van der Waals surface area contributed by atoms with Gasteiger partial charge in [0.15, 0.2) is 0 Å². The molecule has 3 aliphatic carbocycles. The quantitative estimate of drug-likeness (QED) is 0.518. The Morgan fingerprint density at radius 3 is 2.59 bits per heavy atom. The fraction of sp³-hybridized carbons (Fsp3) is 0.778. The number of aliphatic hydroxyl groups is 2. The Hall–Kier alpha value is -0.860. The first-order chi connectivity index (χ1) is 13.7. The minimum Gasteiger partial charge on any atom is -0.393 e.